The Morgan fingerprint density at radius 3 is 2.38 bits per heavy atom. The van der Waals surface area contributed by atoms with E-state index in [0.29, 0.717) is 6.54 Å². The lowest BCUT2D eigenvalue weighted by Gasteiger charge is -2.26. The normalized spacial score (nSPS) is 19.4. The van der Waals surface area contributed by atoms with E-state index < -0.39 is 5.54 Å². The predicted molar refractivity (Wildman–Crippen MR) is 54.8 cm³/mol. The van der Waals surface area contributed by atoms with Gasteiger partial charge in [-0.15, -0.1) is 23.6 Å². The number of carbonyl (C=O) groups is 2. The molecule has 1 aliphatic rings. The zero-order valence-corrected chi connectivity index (χ0v) is 9.38. The molecule has 0 unspecified atom stereocenters. The van der Waals surface area contributed by atoms with Crippen molar-refractivity contribution in [3.05, 3.63) is 12.7 Å². The second kappa shape index (κ2) is 3.91. The zero-order valence-electron chi connectivity index (χ0n) is 7.66. The number of urea groups is 1. The van der Waals surface area contributed by atoms with Crippen LogP contribution in [-0.4, -0.2) is 28.9 Å². The number of carbonyl (C=O) groups excluding carboxylic acids is 2. The van der Waals surface area contributed by atoms with Crippen LogP contribution in [0.5, 0.6) is 0 Å². The van der Waals surface area contributed by atoms with E-state index in [0.717, 1.165) is 0 Å². The molecule has 1 saturated heterocycles. The molecular weight excluding hydrogens is 236 g/mol. The van der Waals surface area contributed by atoms with Crippen LogP contribution in [0.2, 0.25) is 0 Å². The first-order valence-corrected chi connectivity index (χ1v) is 3.74. The summed E-state index contributed by atoms with van der Waals surface area (Å²) in [5.41, 5.74) is -0.745. The minimum Gasteiger partial charge on any atom is -0.307 e. The Kier molecular flexibility index (Phi) is 3.66. The summed E-state index contributed by atoms with van der Waals surface area (Å²) in [6, 6.07) is -0.343. The maximum atomic E-state index is 11.2. The van der Waals surface area contributed by atoms with Crippen molar-refractivity contribution >= 4 is 28.9 Å². The second-order valence-corrected chi connectivity index (χ2v) is 3.22. The summed E-state index contributed by atoms with van der Waals surface area (Å²) in [7, 11) is 0. The number of amides is 3. The van der Waals surface area contributed by atoms with Crippen molar-refractivity contribution in [1.82, 2.24) is 10.2 Å². The predicted octanol–water partition coefficient (Wildman–Crippen LogP) is 1.08. The summed E-state index contributed by atoms with van der Waals surface area (Å²) in [6.07, 6.45) is 1.60. The van der Waals surface area contributed by atoms with Gasteiger partial charge in [-0.1, -0.05) is 6.08 Å². The third kappa shape index (κ3) is 1.91. The lowest BCUT2D eigenvalue weighted by molar-refractivity contribution is -0.124. The number of rotatable bonds is 2. The molecule has 0 saturated carbocycles. The van der Waals surface area contributed by atoms with Gasteiger partial charge < -0.3 is 4.90 Å². The fraction of sp³-hybridized carbons (Fsp3) is 0.500. The largest absolute Gasteiger partial charge is 0.325 e. The average molecular weight is 249 g/mol. The van der Waals surface area contributed by atoms with Gasteiger partial charge in [0.15, 0.2) is 0 Å². The van der Waals surface area contributed by atoms with Crippen LogP contribution in [0.25, 0.3) is 0 Å². The number of imide groups is 1. The highest BCUT2D eigenvalue weighted by Gasteiger charge is 2.44. The molecule has 0 aromatic rings. The lowest BCUT2D eigenvalue weighted by Crippen LogP contribution is -2.44. The first kappa shape index (κ1) is 12.2. The molecule has 1 heterocycles. The summed E-state index contributed by atoms with van der Waals surface area (Å²) in [5, 5.41) is 2.24. The van der Waals surface area contributed by atoms with Crippen molar-refractivity contribution in [2.45, 2.75) is 19.4 Å². The number of nitrogens with one attached hydrogen (secondary N) is 1. The van der Waals surface area contributed by atoms with Crippen LogP contribution in [0.4, 0.5) is 4.79 Å². The van der Waals surface area contributed by atoms with E-state index in [1.54, 1.807) is 19.9 Å². The van der Waals surface area contributed by atoms with Gasteiger partial charge in [-0.2, -0.15) is 0 Å². The van der Waals surface area contributed by atoms with Gasteiger partial charge in [0, 0.05) is 6.54 Å². The minimum atomic E-state index is -0.745. The molecule has 74 valence electrons. The van der Waals surface area contributed by atoms with Crippen molar-refractivity contribution in [3.63, 3.8) is 0 Å². The summed E-state index contributed by atoms with van der Waals surface area (Å²) < 4.78 is 0. The average Bonchev–Trinajstić information content (AvgIpc) is 2.14. The quantitative estimate of drug-likeness (QED) is 0.588. The molecular formula is C8H13BrN2O2. The molecule has 1 rings (SSSR count). The van der Waals surface area contributed by atoms with E-state index in [9.17, 15) is 9.59 Å². The number of hydrogen-bond donors (Lipinski definition) is 1. The van der Waals surface area contributed by atoms with Crippen molar-refractivity contribution in [1.29, 1.82) is 0 Å². The molecule has 1 fully saturated rings. The number of nitrogens with zero attached hydrogens (tertiary/aromatic N) is 1. The van der Waals surface area contributed by atoms with E-state index in [1.165, 1.54) is 4.90 Å². The van der Waals surface area contributed by atoms with Crippen LogP contribution in [-0.2, 0) is 4.79 Å². The molecule has 3 amide bonds. The molecule has 0 spiro atoms. The van der Waals surface area contributed by atoms with Crippen LogP contribution < -0.4 is 5.32 Å². The Morgan fingerprint density at radius 2 is 2.08 bits per heavy atom. The van der Waals surface area contributed by atoms with Crippen molar-refractivity contribution in [3.8, 4) is 0 Å². The van der Waals surface area contributed by atoms with Crippen molar-refractivity contribution in [2.75, 3.05) is 6.54 Å². The molecule has 1 aliphatic heterocycles. The molecule has 5 heteroatoms. The number of halogens is 1. The first-order valence-electron chi connectivity index (χ1n) is 3.74. The van der Waals surface area contributed by atoms with E-state index in [1.807, 2.05) is 0 Å². The third-order valence-electron chi connectivity index (χ3n) is 2.01. The van der Waals surface area contributed by atoms with E-state index in [-0.39, 0.29) is 28.9 Å². The Balaban J connectivity index is 0.00000144. The SMILES string of the molecule is Br.C=CCN1C(=O)NC(=O)C1(C)C. The Hall–Kier alpha value is -0.840. The van der Waals surface area contributed by atoms with Crippen LogP contribution in [0.15, 0.2) is 12.7 Å². The van der Waals surface area contributed by atoms with Crippen LogP contribution in [0, 0.1) is 0 Å². The molecule has 0 aromatic heterocycles. The van der Waals surface area contributed by atoms with Crippen molar-refractivity contribution < 1.29 is 9.59 Å². The highest BCUT2D eigenvalue weighted by Crippen LogP contribution is 2.19. The van der Waals surface area contributed by atoms with E-state index in [2.05, 4.69) is 11.9 Å². The third-order valence-corrected chi connectivity index (χ3v) is 2.01. The van der Waals surface area contributed by atoms with Gasteiger partial charge in [0.2, 0.25) is 0 Å². The molecule has 0 aromatic carbocycles. The molecule has 0 aliphatic carbocycles. The second-order valence-electron chi connectivity index (χ2n) is 3.22. The Labute approximate surface area is 87.7 Å². The summed E-state index contributed by atoms with van der Waals surface area (Å²) in [4.78, 5) is 23.8. The highest BCUT2D eigenvalue weighted by atomic mass is 79.9. The molecule has 0 bridgehead atoms. The monoisotopic (exact) mass is 248 g/mol. The van der Waals surface area contributed by atoms with Crippen LogP contribution in [0.3, 0.4) is 0 Å². The van der Waals surface area contributed by atoms with Gasteiger partial charge in [0.05, 0.1) is 0 Å². The van der Waals surface area contributed by atoms with Gasteiger partial charge in [-0.3, -0.25) is 10.1 Å². The summed E-state index contributed by atoms with van der Waals surface area (Å²) >= 11 is 0. The maximum absolute atomic E-state index is 11.2. The first-order chi connectivity index (χ1) is 5.50. The fourth-order valence-corrected chi connectivity index (χ4v) is 1.13. The minimum absolute atomic E-state index is 0. The summed E-state index contributed by atoms with van der Waals surface area (Å²) in [6.45, 7) is 7.32. The topological polar surface area (TPSA) is 49.4 Å². The zero-order chi connectivity index (χ0) is 9.35. The molecule has 13 heavy (non-hydrogen) atoms. The van der Waals surface area contributed by atoms with Crippen LogP contribution in [0.1, 0.15) is 13.8 Å². The molecule has 0 atom stereocenters. The standard InChI is InChI=1S/C8H12N2O2.BrH/c1-4-5-10-7(12)9-6(11)8(10,2)3;/h4H,1,5H2,2-3H3,(H,9,11,12);1H. The van der Waals surface area contributed by atoms with Gasteiger partial charge in [0.1, 0.15) is 5.54 Å². The maximum Gasteiger partial charge on any atom is 0.325 e. The fourth-order valence-electron chi connectivity index (χ4n) is 1.13. The molecule has 0 radical (unpaired) electrons. The Morgan fingerprint density at radius 1 is 1.54 bits per heavy atom. The molecule has 1 N–H and O–H groups in total. The van der Waals surface area contributed by atoms with Gasteiger partial charge >= 0.3 is 6.03 Å². The van der Waals surface area contributed by atoms with E-state index in [4.69, 9.17) is 0 Å². The molecule has 4 nitrogen and oxygen atoms in total. The van der Waals surface area contributed by atoms with Crippen LogP contribution >= 0.6 is 17.0 Å². The smallest absolute Gasteiger partial charge is 0.307 e. The van der Waals surface area contributed by atoms with Gasteiger partial charge in [0.25, 0.3) is 5.91 Å². The van der Waals surface area contributed by atoms with Gasteiger partial charge in [-0.25, -0.2) is 4.79 Å². The number of hydrogen-bond acceptors (Lipinski definition) is 2. The summed E-state index contributed by atoms with van der Waals surface area (Å²) in [5.74, 6) is -0.255. The lowest BCUT2D eigenvalue weighted by atomic mass is 10.0. The van der Waals surface area contributed by atoms with Gasteiger partial charge in [-0.05, 0) is 13.8 Å². The van der Waals surface area contributed by atoms with Crippen molar-refractivity contribution in [2.24, 2.45) is 0 Å². The highest BCUT2D eigenvalue weighted by molar-refractivity contribution is 8.93. The Bertz CT molecular complexity index is 251. The van der Waals surface area contributed by atoms with E-state index >= 15 is 0 Å².